The van der Waals surface area contributed by atoms with Crippen LogP contribution in [0.25, 0.3) is 0 Å². The van der Waals surface area contributed by atoms with E-state index in [9.17, 15) is 14.4 Å². The van der Waals surface area contributed by atoms with E-state index in [1.807, 2.05) is 0 Å². The lowest BCUT2D eigenvalue weighted by Crippen LogP contribution is -2.29. The van der Waals surface area contributed by atoms with E-state index in [1.165, 1.54) is 0 Å². The minimum Gasteiger partial charge on any atom is -0.481 e. The minimum absolute atomic E-state index is 0.282. The normalized spacial score (nSPS) is 22.9. The Morgan fingerprint density at radius 2 is 1.83 bits per heavy atom. The summed E-state index contributed by atoms with van der Waals surface area (Å²) in [6.45, 7) is 2.76. The molecule has 1 N–H and O–H groups in total. The average molecular weight is 256 g/mol. The summed E-state index contributed by atoms with van der Waals surface area (Å²) in [5.41, 5.74) is 0. The van der Waals surface area contributed by atoms with Gasteiger partial charge in [0.25, 0.3) is 0 Å². The lowest BCUT2D eigenvalue weighted by atomic mass is 9.87. The predicted octanol–water partition coefficient (Wildman–Crippen LogP) is 0.902. The van der Waals surface area contributed by atoms with Gasteiger partial charge in [-0.05, 0) is 25.7 Å². The Bertz CT molecular complexity index is 340. The summed E-state index contributed by atoms with van der Waals surface area (Å²) < 4.78 is 9.60. The number of carbonyl (C=O) groups is 3. The topological polar surface area (TPSA) is 89.9 Å². The Balaban J connectivity index is 2.24. The summed E-state index contributed by atoms with van der Waals surface area (Å²) in [7, 11) is 0. The molecule has 1 fully saturated rings. The van der Waals surface area contributed by atoms with Gasteiger partial charge in [-0.3, -0.25) is 4.79 Å². The number of carboxylic acids is 1. The minimum atomic E-state index is -0.806. The van der Waals surface area contributed by atoms with Crippen molar-refractivity contribution < 1.29 is 29.0 Å². The van der Waals surface area contributed by atoms with E-state index in [0.29, 0.717) is 25.7 Å². The van der Waals surface area contributed by atoms with Gasteiger partial charge in [0, 0.05) is 6.08 Å². The second-order valence-electron chi connectivity index (χ2n) is 4.11. The Morgan fingerprint density at radius 3 is 2.33 bits per heavy atom. The molecule has 6 nitrogen and oxygen atoms in total. The molecule has 18 heavy (non-hydrogen) atoms. The lowest BCUT2D eigenvalue weighted by Gasteiger charge is -2.25. The van der Waals surface area contributed by atoms with Gasteiger partial charge in [0.2, 0.25) is 0 Å². The standard InChI is InChI=1S/C12H16O6/c1-2-10(13)17-7-11(14)18-9-5-3-8(4-6-9)12(15)16/h2,8-9H,1,3-7H2,(H,15,16). The first-order valence-electron chi connectivity index (χ1n) is 5.74. The molecular weight excluding hydrogens is 240 g/mol. The van der Waals surface area contributed by atoms with Crippen LogP contribution in [-0.2, 0) is 23.9 Å². The molecule has 0 amide bonds. The molecule has 0 aromatic rings. The van der Waals surface area contributed by atoms with Crippen molar-refractivity contribution in [1.82, 2.24) is 0 Å². The van der Waals surface area contributed by atoms with Gasteiger partial charge in [-0.2, -0.15) is 0 Å². The number of ether oxygens (including phenoxy) is 2. The fourth-order valence-corrected chi connectivity index (χ4v) is 1.84. The van der Waals surface area contributed by atoms with Crippen LogP contribution in [-0.4, -0.2) is 35.7 Å². The van der Waals surface area contributed by atoms with Crippen LogP contribution in [0.4, 0.5) is 0 Å². The average Bonchev–Trinajstić information content (AvgIpc) is 2.36. The van der Waals surface area contributed by atoms with E-state index in [4.69, 9.17) is 9.84 Å². The van der Waals surface area contributed by atoms with Crippen molar-refractivity contribution in [3.05, 3.63) is 12.7 Å². The number of carboxylic acid groups (broad SMARTS) is 1. The number of rotatable bonds is 5. The molecule has 0 atom stereocenters. The third-order valence-corrected chi connectivity index (χ3v) is 2.82. The van der Waals surface area contributed by atoms with Gasteiger partial charge in [-0.1, -0.05) is 6.58 Å². The Hall–Kier alpha value is -1.85. The van der Waals surface area contributed by atoms with Crippen molar-refractivity contribution in [3.8, 4) is 0 Å². The van der Waals surface area contributed by atoms with Crippen molar-refractivity contribution in [1.29, 1.82) is 0 Å². The van der Waals surface area contributed by atoms with Gasteiger partial charge in [0.1, 0.15) is 6.10 Å². The van der Waals surface area contributed by atoms with E-state index in [-0.39, 0.29) is 12.0 Å². The van der Waals surface area contributed by atoms with Crippen LogP contribution in [0.5, 0.6) is 0 Å². The van der Waals surface area contributed by atoms with E-state index in [1.54, 1.807) is 0 Å². The molecule has 1 aliphatic carbocycles. The molecule has 1 saturated carbocycles. The summed E-state index contributed by atoms with van der Waals surface area (Å²) in [5.74, 6) is -2.45. The highest BCUT2D eigenvalue weighted by atomic mass is 16.6. The van der Waals surface area contributed by atoms with Gasteiger partial charge in [0.05, 0.1) is 5.92 Å². The zero-order valence-corrected chi connectivity index (χ0v) is 9.96. The molecule has 0 saturated heterocycles. The van der Waals surface area contributed by atoms with E-state index in [0.717, 1.165) is 6.08 Å². The molecule has 100 valence electrons. The van der Waals surface area contributed by atoms with Gasteiger partial charge in [-0.25, -0.2) is 9.59 Å². The van der Waals surface area contributed by atoms with Gasteiger partial charge >= 0.3 is 17.9 Å². The quantitative estimate of drug-likeness (QED) is 0.580. The molecular formula is C12H16O6. The van der Waals surface area contributed by atoms with E-state index >= 15 is 0 Å². The first kappa shape index (κ1) is 14.2. The molecule has 0 spiro atoms. The number of hydrogen-bond acceptors (Lipinski definition) is 5. The van der Waals surface area contributed by atoms with Crippen LogP contribution >= 0.6 is 0 Å². The van der Waals surface area contributed by atoms with Crippen molar-refractivity contribution >= 4 is 17.9 Å². The number of aliphatic carboxylic acids is 1. The van der Waals surface area contributed by atoms with Crippen LogP contribution in [0.15, 0.2) is 12.7 Å². The second kappa shape index (κ2) is 6.78. The van der Waals surface area contributed by atoms with Crippen molar-refractivity contribution in [2.45, 2.75) is 31.8 Å². The monoisotopic (exact) mass is 256 g/mol. The number of carbonyl (C=O) groups excluding carboxylic acids is 2. The van der Waals surface area contributed by atoms with Crippen LogP contribution in [0.1, 0.15) is 25.7 Å². The fourth-order valence-electron chi connectivity index (χ4n) is 1.84. The number of esters is 2. The van der Waals surface area contributed by atoms with Crippen molar-refractivity contribution in [2.75, 3.05) is 6.61 Å². The lowest BCUT2D eigenvalue weighted by molar-refractivity contribution is -0.162. The molecule has 1 aliphatic rings. The Kier molecular flexibility index (Phi) is 5.35. The number of hydrogen-bond donors (Lipinski definition) is 1. The van der Waals surface area contributed by atoms with E-state index in [2.05, 4.69) is 11.3 Å². The third-order valence-electron chi connectivity index (χ3n) is 2.82. The van der Waals surface area contributed by atoms with Crippen LogP contribution < -0.4 is 0 Å². The van der Waals surface area contributed by atoms with Crippen molar-refractivity contribution in [3.63, 3.8) is 0 Å². The Morgan fingerprint density at radius 1 is 1.22 bits per heavy atom. The molecule has 1 rings (SSSR count). The van der Waals surface area contributed by atoms with Crippen LogP contribution in [0, 0.1) is 5.92 Å². The zero-order chi connectivity index (χ0) is 13.5. The fraction of sp³-hybridized carbons (Fsp3) is 0.583. The highest BCUT2D eigenvalue weighted by Gasteiger charge is 2.27. The summed E-state index contributed by atoms with van der Waals surface area (Å²) in [6.07, 6.45) is 2.73. The maximum atomic E-state index is 11.3. The highest BCUT2D eigenvalue weighted by Crippen LogP contribution is 2.26. The Labute approximate surface area is 105 Å². The smallest absolute Gasteiger partial charge is 0.344 e. The molecule has 0 aliphatic heterocycles. The van der Waals surface area contributed by atoms with Gasteiger partial charge < -0.3 is 14.6 Å². The first-order chi connectivity index (χ1) is 8.52. The summed E-state index contributed by atoms with van der Waals surface area (Å²) >= 11 is 0. The predicted molar refractivity (Wildman–Crippen MR) is 60.6 cm³/mol. The van der Waals surface area contributed by atoms with Crippen LogP contribution in [0.2, 0.25) is 0 Å². The molecule has 0 heterocycles. The van der Waals surface area contributed by atoms with Gasteiger partial charge in [0.15, 0.2) is 6.61 Å². The summed E-state index contributed by atoms with van der Waals surface area (Å²) in [4.78, 5) is 32.7. The molecule has 0 aromatic carbocycles. The SMILES string of the molecule is C=CC(=O)OCC(=O)OC1CCC(C(=O)O)CC1. The maximum absolute atomic E-state index is 11.3. The summed E-state index contributed by atoms with van der Waals surface area (Å²) in [5, 5.41) is 8.80. The molecule has 0 radical (unpaired) electrons. The van der Waals surface area contributed by atoms with Crippen molar-refractivity contribution in [2.24, 2.45) is 5.92 Å². The summed E-state index contributed by atoms with van der Waals surface area (Å²) in [6, 6.07) is 0. The first-order valence-corrected chi connectivity index (χ1v) is 5.74. The third kappa shape index (κ3) is 4.57. The molecule has 0 bridgehead atoms. The highest BCUT2D eigenvalue weighted by molar-refractivity contribution is 5.83. The largest absolute Gasteiger partial charge is 0.481 e. The van der Waals surface area contributed by atoms with Crippen LogP contribution in [0.3, 0.4) is 0 Å². The second-order valence-corrected chi connectivity index (χ2v) is 4.11. The van der Waals surface area contributed by atoms with E-state index < -0.39 is 24.5 Å². The maximum Gasteiger partial charge on any atom is 0.344 e. The molecule has 6 heteroatoms. The zero-order valence-electron chi connectivity index (χ0n) is 9.96. The molecule has 0 aromatic heterocycles. The van der Waals surface area contributed by atoms with Gasteiger partial charge in [-0.15, -0.1) is 0 Å². The molecule has 0 unspecified atom stereocenters.